The summed E-state index contributed by atoms with van der Waals surface area (Å²) in [4.78, 5) is 21.9. The van der Waals surface area contributed by atoms with Gasteiger partial charge in [-0.25, -0.2) is 0 Å². The first-order chi connectivity index (χ1) is 13.7. The Morgan fingerprint density at radius 2 is 0.857 bits per heavy atom. The van der Waals surface area contributed by atoms with Gasteiger partial charge < -0.3 is 9.47 Å². The molecule has 0 radical (unpaired) electrons. The van der Waals surface area contributed by atoms with Crippen LogP contribution in [0.3, 0.4) is 0 Å². The van der Waals surface area contributed by atoms with Gasteiger partial charge in [0.05, 0.1) is 14.2 Å². The van der Waals surface area contributed by atoms with E-state index in [0.29, 0.717) is 12.8 Å². The number of rotatable bonds is 16. The van der Waals surface area contributed by atoms with Crippen molar-refractivity contribution in [2.45, 2.75) is 103 Å². The molecule has 0 fully saturated rings. The summed E-state index contributed by atoms with van der Waals surface area (Å²) >= 11 is 0. The molecule has 4 nitrogen and oxygen atoms in total. The van der Waals surface area contributed by atoms with Crippen molar-refractivity contribution in [3.05, 3.63) is 0 Å². The largest absolute Gasteiger partial charge is 0.469 e. The Morgan fingerprint density at radius 1 is 0.536 bits per heavy atom. The molecule has 0 aliphatic heterocycles. The molecule has 0 aromatic rings. The summed E-state index contributed by atoms with van der Waals surface area (Å²) in [7, 11) is 2.88. The second-order valence-corrected chi connectivity index (χ2v) is 7.00. The van der Waals surface area contributed by atoms with Gasteiger partial charge in [0.15, 0.2) is 0 Å². The first-order valence-electron chi connectivity index (χ1n) is 10.8. The molecule has 0 saturated carbocycles. The standard InChI is InChI=1S/C24H38O4/c1-27-23(25)21-19-17-15-13-11-9-7-5-3-4-6-8-10-12-14-16-18-20-22-24(26)28-2/h7-22H2,1-2H3. The minimum atomic E-state index is -0.108. The third-order valence-electron chi connectivity index (χ3n) is 4.56. The number of esters is 2. The summed E-state index contributed by atoms with van der Waals surface area (Å²) in [6, 6.07) is 0. The SMILES string of the molecule is COC(=O)CCCCCCCCC#CC#CCCCCCCCCC(=O)OC. The van der Waals surface area contributed by atoms with Gasteiger partial charge in [-0.2, -0.15) is 0 Å². The number of ether oxygens (including phenoxy) is 2. The Morgan fingerprint density at radius 3 is 1.21 bits per heavy atom. The van der Waals surface area contributed by atoms with Gasteiger partial charge in [-0.1, -0.05) is 63.2 Å². The van der Waals surface area contributed by atoms with E-state index < -0.39 is 0 Å². The Labute approximate surface area is 172 Å². The summed E-state index contributed by atoms with van der Waals surface area (Å²) < 4.78 is 9.24. The second kappa shape index (κ2) is 21.4. The second-order valence-electron chi connectivity index (χ2n) is 7.00. The van der Waals surface area contributed by atoms with Crippen molar-refractivity contribution in [2.24, 2.45) is 0 Å². The monoisotopic (exact) mass is 390 g/mol. The highest BCUT2D eigenvalue weighted by Gasteiger charge is 1.99. The first-order valence-corrected chi connectivity index (χ1v) is 10.8. The van der Waals surface area contributed by atoms with Gasteiger partial charge in [0.2, 0.25) is 0 Å². The van der Waals surface area contributed by atoms with Crippen LogP contribution in [0.4, 0.5) is 0 Å². The number of carbonyl (C=O) groups is 2. The van der Waals surface area contributed by atoms with Crippen LogP contribution in [0.2, 0.25) is 0 Å². The highest BCUT2D eigenvalue weighted by molar-refractivity contribution is 5.69. The predicted molar refractivity (Wildman–Crippen MR) is 113 cm³/mol. The summed E-state index contributed by atoms with van der Waals surface area (Å²) in [5.41, 5.74) is 0. The van der Waals surface area contributed by atoms with E-state index in [4.69, 9.17) is 0 Å². The van der Waals surface area contributed by atoms with Crippen LogP contribution in [0.1, 0.15) is 103 Å². The molecule has 0 amide bonds. The zero-order chi connectivity index (χ0) is 20.7. The zero-order valence-corrected chi connectivity index (χ0v) is 17.9. The summed E-state index contributed by atoms with van der Waals surface area (Å²) in [5.74, 6) is 11.9. The third kappa shape index (κ3) is 20.4. The van der Waals surface area contributed by atoms with Crippen LogP contribution in [-0.4, -0.2) is 26.2 Å². The topological polar surface area (TPSA) is 52.6 Å². The number of hydrogen-bond donors (Lipinski definition) is 0. The molecule has 0 aromatic carbocycles. The maximum atomic E-state index is 11.0. The minimum Gasteiger partial charge on any atom is -0.469 e. The Kier molecular flexibility index (Phi) is 19.9. The van der Waals surface area contributed by atoms with Crippen molar-refractivity contribution in [1.29, 1.82) is 0 Å². The molecule has 0 aliphatic carbocycles. The zero-order valence-electron chi connectivity index (χ0n) is 17.9. The number of carbonyl (C=O) groups excluding carboxylic acids is 2. The molecule has 0 aliphatic rings. The lowest BCUT2D eigenvalue weighted by Crippen LogP contribution is -1.99. The maximum Gasteiger partial charge on any atom is 0.305 e. The van der Waals surface area contributed by atoms with E-state index in [2.05, 4.69) is 33.2 Å². The summed E-state index contributed by atoms with van der Waals surface area (Å²) in [5, 5.41) is 0. The lowest BCUT2D eigenvalue weighted by molar-refractivity contribution is -0.141. The molecule has 0 atom stereocenters. The predicted octanol–water partition coefficient (Wildman–Crippen LogP) is 5.58. The van der Waals surface area contributed by atoms with E-state index in [1.165, 1.54) is 52.7 Å². The van der Waals surface area contributed by atoms with Gasteiger partial charge in [0.1, 0.15) is 0 Å². The molecule has 0 unspecified atom stereocenters. The molecule has 4 heteroatoms. The van der Waals surface area contributed by atoms with E-state index >= 15 is 0 Å². The van der Waals surface area contributed by atoms with Crippen molar-refractivity contribution in [2.75, 3.05) is 14.2 Å². The van der Waals surface area contributed by atoms with Gasteiger partial charge in [0.25, 0.3) is 0 Å². The normalized spacial score (nSPS) is 9.64. The van der Waals surface area contributed by atoms with Crippen LogP contribution < -0.4 is 0 Å². The van der Waals surface area contributed by atoms with Crippen molar-refractivity contribution in [3.63, 3.8) is 0 Å². The van der Waals surface area contributed by atoms with Crippen molar-refractivity contribution < 1.29 is 19.1 Å². The highest BCUT2D eigenvalue weighted by Crippen LogP contribution is 2.09. The lowest BCUT2D eigenvalue weighted by atomic mass is 10.1. The Balaban J connectivity index is 3.31. The van der Waals surface area contributed by atoms with E-state index in [1.54, 1.807) is 0 Å². The molecular formula is C24H38O4. The maximum absolute atomic E-state index is 11.0. The number of unbranched alkanes of at least 4 members (excludes halogenated alkanes) is 12. The molecule has 0 aromatic heterocycles. The third-order valence-corrected chi connectivity index (χ3v) is 4.56. The van der Waals surface area contributed by atoms with Crippen LogP contribution in [0.15, 0.2) is 0 Å². The lowest BCUT2D eigenvalue weighted by Gasteiger charge is -2.00. The van der Waals surface area contributed by atoms with Crippen molar-refractivity contribution >= 4 is 11.9 Å². The average Bonchev–Trinajstić information content (AvgIpc) is 2.71. The quantitative estimate of drug-likeness (QED) is 0.196. The molecule has 0 spiro atoms. The first kappa shape index (κ1) is 26.1. The van der Waals surface area contributed by atoms with Crippen LogP contribution >= 0.6 is 0 Å². The number of methoxy groups -OCH3 is 2. The molecule has 0 rings (SSSR count). The van der Waals surface area contributed by atoms with E-state index in [0.717, 1.165) is 51.4 Å². The van der Waals surface area contributed by atoms with Gasteiger partial charge >= 0.3 is 11.9 Å². The molecular weight excluding hydrogens is 352 g/mol. The summed E-state index contributed by atoms with van der Waals surface area (Å²) in [6.07, 6.45) is 16.4. The fourth-order valence-electron chi connectivity index (χ4n) is 2.80. The number of hydrogen-bond acceptors (Lipinski definition) is 4. The molecule has 0 bridgehead atoms. The molecule has 28 heavy (non-hydrogen) atoms. The Hall–Kier alpha value is -1.94. The molecule has 0 heterocycles. The van der Waals surface area contributed by atoms with E-state index in [-0.39, 0.29) is 11.9 Å². The van der Waals surface area contributed by atoms with Crippen LogP contribution in [0, 0.1) is 23.7 Å². The fraction of sp³-hybridized carbons (Fsp3) is 0.750. The fourth-order valence-corrected chi connectivity index (χ4v) is 2.80. The van der Waals surface area contributed by atoms with E-state index in [9.17, 15) is 9.59 Å². The van der Waals surface area contributed by atoms with Crippen LogP contribution in [-0.2, 0) is 19.1 Å². The highest BCUT2D eigenvalue weighted by atomic mass is 16.5. The molecule has 0 saturated heterocycles. The van der Waals surface area contributed by atoms with Crippen LogP contribution in [0.25, 0.3) is 0 Å². The van der Waals surface area contributed by atoms with Crippen LogP contribution in [0.5, 0.6) is 0 Å². The average molecular weight is 391 g/mol. The van der Waals surface area contributed by atoms with Gasteiger partial charge in [-0.3, -0.25) is 9.59 Å². The summed E-state index contributed by atoms with van der Waals surface area (Å²) in [6.45, 7) is 0. The molecule has 158 valence electrons. The van der Waals surface area contributed by atoms with E-state index in [1.807, 2.05) is 0 Å². The molecule has 0 N–H and O–H groups in total. The Bertz CT molecular complexity index is 468. The van der Waals surface area contributed by atoms with Crippen molar-refractivity contribution in [3.8, 4) is 23.7 Å². The van der Waals surface area contributed by atoms with Gasteiger partial charge in [0, 0.05) is 25.7 Å². The van der Waals surface area contributed by atoms with Gasteiger partial charge in [-0.05, 0) is 37.5 Å². The van der Waals surface area contributed by atoms with Crippen molar-refractivity contribution in [1.82, 2.24) is 0 Å². The minimum absolute atomic E-state index is 0.108. The van der Waals surface area contributed by atoms with Gasteiger partial charge in [-0.15, -0.1) is 0 Å². The smallest absolute Gasteiger partial charge is 0.305 e.